The SMILES string of the molecule is Cl.NC(=O)Cc1ccc(Cc2cc(N3CCCC3)nc3c2CCC3)cc1. The predicted molar refractivity (Wildman–Crippen MR) is 107 cm³/mol. The molecule has 1 aromatic heterocycles. The second kappa shape index (κ2) is 8.09. The summed E-state index contributed by atoms with van der Waals surface area (Å²) in [7, 11) is 0. The molecule has 1 aliphatic carbocycles. The maximum absolute atomic E-state index is 11.0. The summed E-state index contributed by atoms with van der Waals surface area (Å²) in [5.74, 6) is 0.883. The van der Waals surface area contributed by atoms with Crippen molar-refractivity contribution in [2.24, 2.45) is 5.73 Å². The van der Waals surface area contributed by atoms with E-state index in [9.17, 15) is 4.79 Å². The van der Waals surface area contributed by atoms with Gasteiger partial charge in [-0.1, -0.05) is 24.3 Å². The molecular formula is C21H26ClN3O. The minimum Gasteiger partial charge on any atom is -0.369 e. The molecule has 2 N–H and O–H groups in total. The molecule has 1 saturated heterocycles. The highest BCUT2D eigenvalue weighted by Crippen LogP contribution is 2.30. The molecule has 2 aromatic rings. The first kappa shape index (κ1) is 18.7. The fourth-order valence-corrected chi connectivity index (χ4v) is 4.07. The second-order valence-electron chi connectivity index (χ2n) is 7.25. The number of carbonyl (C=O) groups excluding carboxylic acids is 1. The molecule has 0 spiro atoms. The second-order valence-corrected chi connectivity index (χ2v) is 7.25. The molecule has 2 aliphatic rings. The number of halogens is 1. The number of nitrogens with two attached hydrogens (primary N) is 1. The van der Waals surface area contributed by atoms with Gasteiger partial charge < -0.3 is 10.6 Å². The summed E-state index contributed by atoms with van der Waals surface area (Å²) >= 11 is 0. The zero-order valence-corrected chi connectivity index (χ0v) is 15.9. The maximum atomic E-state index is 11.0. The van der Waals surface area contributed by atoms with Gasteiger partial charge in [0.05, 0.1) is 6.42 Å². The molecule has 1 fully saturated rings. The molecule has 0 radical (unpaired) electrons. The van der Waals surface area contributed by atoms with E-state index in [1.165, 1.54) is 47.5 Å². The number of aromatic nitrogens is 1. The van der Waals surface area contributed by atoms with Crippen molar-refractivity contribution in [1.29, 1.82) is 0 Å². The lowest BCUT2D eigenvalue weighted by Crippen LogP contribution is -2.20. The van der Waals surface area contributed by atoms with Crippen molar-refractivity contribution in [3.05, 3.63) is 58.3 Å². The van der Waals surface area contributed by atoms with Gasteiger partial charge in [-0.3, -0.25) is 4.79 Å². The van der Waals surface area contributed by atoms with Crippen molar-refractivity contribution in [2.45, 2.75) is 44.9 Å². The molecule has 0 bridgehead atoms. The molecule has 4 rings (SSSR count). The van der Waals surface area contributed by atoms with Gasteiger partial charge in [0.2, 0.25) is 5.91 Å². The number of amides is 1. The van der Waals surface area contributed by atoms with Crippen LogP contribution in [0.5, 0.6) is 0 Å². The van der Waals surface area contributed by atoms with E-state index in [0.29, 0.717) is 6.42 Å². The molecule has 0 atom stereocenters. The van der Waals surface area contributed by atoms with E-state index in [2.05, 4.69) is 23.1 Å². The van der Waals surface area contributed by atoms with Crippen molar-refractivity contribution in [2.75, 3.05) is 18.0 Å². The van der Waals surface area contributed by atoms with E-state index in [1.807, 2.05) is 12.1 Å². The quantitative estimate of drug-likeness (QED) is 0.877. The third kappa shape index (κ3) is 4.01. The number of hydrogen-bond acceptors (Lipinski definition) is 3. The Balaban J connectivity index is 0.00000196. The van der Waals surface area contributed by atoms with Gasteiger partial charge in [-0.15, -0.1) is 12.4 Å². The molecule has 1 aromatic carbocycles. The van der Waals surface area contributed by atoms with Crippen LogP contribution in [0.15, 0.2) is 30.3 Å². The first-order valence-corrected chi connectivity index (χ1v) is 9.32. The van der Waals surface area contributed by atoms with E-state index in [1.54, 1.807) is 0 Å². The van der Waals surface area contributed by atoms with Gasteiger partial charge in [0.1, 0.15) is 5.82 Å². The third-order valence-electron chi connectivity index (χ3n) is 5.36. The largest absolute Gasteiger partial charge is 0.369 e. The van der Waals surface area contributed by atoms with E-state index >= 15 is 0 Å². The number of anilines is 1. The lowest BCUT2D eigenvalue weighted by atomic mass is 9.98. The number of benzene rings is 1. The summed E-state index contributed by atoms with van der Waals surface area (Å²) in [6.45, 7) is 2.26. The Kier molecular flexibility index (Phi) is 5.82. The van der Waals surface area contributed by atoms with Gasteiger partial charge in [-0.25, -0.2) is 4.98 Å². The molecule has 138 valence electrons. The highest BCUT2D eigenvalue weighted by atomic mass is 35.5. The summed E-state index contributed by atoms with van der Waals surface area (Å²) in [4.78, 5) is 18.4. The van der Waals surface area contributed by atoms with Crippen molar-refractivity contribution in [3.63, 3.8) is 0 Å². The molecule has 4 nitrogen and oxygen atoms in total. The average Bonchev–Trinajstić information content (AvgIpc) is 3.27. The van der Waals surface area contributed by atoms with Crippen LogP contribution in [0, 0.1) is 0 Å². The zero-order chi connectivity index (χ0) is 17.2. The maximum Gasteiger partial charge on any atom is 0.221 e. The van der Waals surface area contributed by atoms with Crippen LogP contribution in [0.1, 0.15) is 47.2 Å². The molecule has 0 saturated carbocycles. The Morgan fingerprint density at radius 3 is 2.42 bits per heavy atom. The summed E-state index contributed by atoms with van der Waals surface area (Å²) in [6, 6.07) is 10.6. The molecule has 1 amide bonds. The molecule has 0 unspecified atom stereocenters. The lowest BCUT2D eigenvalue weighted by Gasteiger charge is -2.19. The monoisotopic (exact) mass is 371 g/mol. The Labute approximate surface area is 161 Å². The fraction of sp³-hybridized carbons (Fsp3) is 0.429. The summed E-state index contributed by atoms with van der Waals surface area (Å²) in [5, 5.41) is 0. The Morgan fingerprint density at radius 2 is 1.73 bits per heavy atom. The molecule has 26 heavy (non-hydrogen) atoms. The predicted octanol–water partition coefficient (Wildman–Crippen LogP) is 3.21. The first-order chi connectivity index (χ1) is 12.2. The summed E-state index contributed by atoms with van der Waals surface area (Å²) in [5.41, 5.74) is 11.7. The highest BCUT2D eigenvalue weighted by molar-refractivity contribution is 5.85. The minimum atomic E-state index is -0.282. The van der Waals surface area contributed by atoms with E-state index < -0.39 is 0 Å². The van der Waals surface area contributed by atoms with Gasteiger partial charge in [-0.05, 0) is 66.8 Å². The van der Waals surface area contributed by atoms with Crippen LogP contribution in [0.2, 0.25) is 0 Å². The number of carbonyl (C=O) groups is 1. The standard InChI is InChI=1S/C21H25N3O.ClH/c22-20(25)13-16-8-6-15(7-9-16)12-17-14-21(24-10-1-2-11-24)23-19-5-3-4-18(17)19;/h6-9,14H,1-5,10-13H2,(H2,22,25);1H. The molecule has 2 heterocycles. The zero-order valence-electron chi connectivity index (χ0n) is 15.0. The fourth-order valence-electron chi connectivity index (χ4n) is 4.07. The third-order valence-corrected chi connectivity index (χ3v) is 5.36. The van der Waals surface area contributed by atoms with Gasteiger partial charge in [-0.2, -0.15) is 0 Å². The van der Waals surface area contributed by atoms with Crippen LogP contribution in [-0.4, -0.2) is 24.0 Å². The summed E-state index contributed by atoms with van der Waals surface area (Å²) < 4.78 is 0. The van der Waals surface area contributed by atoms with Crippen LogP contribution in [0.25, 0.3) is 0 Å². The number of aryl methyl sites for hydroxylation is 1. The number of primary amides is 1. The smallest absolute Gasteiger partial charge is 0.221 e. The van der Waals surface area contributed by atoms with Crippen LogP contribution in [0.3, 0.4) is 0 Å². The number of fused-ring (bicyclic) bond motifs is 1. The minimum absolute atomic E-state index is 0. The Morgan fingerprint density at radius 1 is 1.04 bits per heavy atom. The van der Waals surface area contributed by atoms with Crippen LogP contribution < -0.4 is 10.6 Å². The summed E-state index contributed by atoms with van der Waals surface area (Å²) in [6.07, 6.45) is 7.27. The van der Waals surface area contributed by atoms with E-state index in [0.717, 1.165) is 37.9 Å². The van der Waals surface area contributed by atoms with Gasteiger partial charge in [0, 0.05) is 18.8 Å². The van der Waals surface area contributed by atoms with Crippen LogP contribution in [-0.2, 0) is 30.5 Å². The highest BCUT2D eigenvalue weighted by Gasteiger charge is 2.21. The van der Waals surface area contributed by atoms with Crippen molar-refractivity contribution < 1.29 is 4.79 Å². The van der Waals surface area contributed by atoms with E-state index in [4.69, 9.17) is 10.7 Å². The van der Waals surface area contributed by atoms with Crippen LogP contribution >= 0.6 is 12.4 Å². The van der Waals surface area contributed by atoms with Gasteiger partial charge >= 0.3 is 0 Å². The van der Waals surface area contributed by atoms with Gasteiger partial charge in [0.15, 0.2) is 0 Å². The lowest BCUT2D eigenvalue weighted by molar-refractivity contribution is -0.117. The van der Waals surface area contributed by atoms with Crippen molar-refractivity contribution in [1.82, 2.24) is 4.98 Å². The normalized spacial score (nSPS) is 15.6. The molecule has 1 aliphatic heterocycles. The first-order valence-electron chi connectivity index (χ1n) is 9.32. The number of nitrogens with zero attached hydrogens (tertiary/aromatic N) is 2. The van der Waals surface area contributed by atoms with Gasteiger partial charge in [0.25, 0.3) is 0 Å². The Bertz CT molecular complexity index is 783. The Hall–Kier alpha value is -2.07. The average molecular weight is 372 g/mol. The van der Waals surface area contributed by atoms with Crippen molar-refractivity contribution in [3.8, 4) is 0 Å². The van der Waals surface area contributed by atoms with Crippen molar-refractivity contribution >= 4 is 24.1 Å². The number of pyridine rings is 1. The molecular weight excluding hydrogens is 346 g/mol. The van der Waals surface area contributed by atoms with E-state index in [-0.39, 0.29) is 18.3 Å². The number of hydrogen-bond donors (Lipinski definition) is 1. The topological polar surface area (TPSA) is 59.2 Å². The van der Waals surface area contributed by atoms with Crippen LogP contribution in [0.4, 0.5) is 5.82 Å². The number of rotatable bonds is 5. The molecule has 5 heteroatoms.